The molecular weight excluding hydrogens is 202 g/mol. The van der Waals surface area contributed by atoms with Crippen LogP contribution in [0, 0.1) is 0 Å². The van der Waals surface area contributed by atoms with E-state index in [0.29, 0.717) is 0 Å². The van der Waals surface area contributed by atoms with Gasteiger partial charge in [-0.1, -0.05) is 11.3 Å². The Labute approximate surface area is 68.4 Å². The summed E-state index contributed by atoms with van der Waals surface area (Å²) in [5.74, 6) is 0.903. The molecule has 0 radical (unpaired) electrons. The Bertz CT molecular complexity index is 177. The quantitative estimate of drug-likeness (QED) is 0.553. The van der Waals surface area contributed by atoms with Crippen LogP contribution in [0.25, 0.3) is 0 Å². The maximum Gasteiger partial charge on any atom is 0.187 e. The van der Waals surface area contributed by atoms with Crippen LogP contribution < -0.4 is 27.5 Å². The molecule has 0 fully saturated rings. The summed E-state index contributed by atoms with van der Waals surface area (Å²) < 4.78 is 4.91. The average molecular weight is 210 g/mol. The molecule has 1 aromatic rings. The molecule has 0 amide bonds. The first kappa shape index (κ1) is 8.94. The minimum atomic E-state index is 0. The lowest BCUT2D eigenvalue weighted by Gasteiger charge is -1.86. The van der Waals surface area contributed by atoms with Crippen molar-refractivity contribution in [3.63, 3.8) is 0 Å². The summed E-state index contributed by atoms with van der Waals surface area (Å²) in [7, 11) is 1.65. The van der Waals surface area contributed by atoms with E-state index in [2.05, 4.69) is 5.73 Å². The summed E-state index contributed by atoms with van der Waals surface area (Å²) in [5, 5.41) is 2.98. The first-order valence-electron chi connectivity index (χ1n) is 2.27. The minimum absolute atomic E-state index is 0. The van der Waals surface area contributed by atoms with Crippen molar-refractivity contribution in [3.05, 3.63) is 11.4 Å². The number of methoxy groups -OCH3 is 1. The Morgan fingerprint density at radius 1 is 1.67 bits per heavy atom. The van der Waals surface area contributed by atoms with Gasteiger partial charge >= 0.3 is 0 Å². The fourth-order valence-corrected chi connectivity index (χ4v) is 1.08. The summed E-state index contributed by atoms with van der Waals surface area (Å²) in [6, 6.07) is 1.91. The largest absolute Gasteiger partial charge is 1.00 e. The second-order valence-electron chi connectivity index (χ2n) is 1.45. The van der Waals surface area contributed by atoms with Gasteiger partial charge in [-0.25, -0.2) is 0 Å². The van der Waals surface area contributed by atoms with Crippen molar-refractivity contribution in [3.8, 4) is 5.75 Å². The molecule has 52 valence electrons. The van der Waals surface area contributed by atoms with Crippen molar-refractivity contribution in [2.75, 3.05) is 7.11 Å². The molecule has 0 atom stereocenters. The van der Waals surface area contributed by atoms with Crippen LogP contribution in [-0.2, 0) is 0 Å². The Hall–Kier alpha value is -0.0600. The van der Waals surface area contributed by atoms with E-state index in [4.69, 9.17) is 4.74 Å². The van der Waals surface area contributed by atoms with Crippen LogP contribution in [-0.4, -0.2) is 7.11 Å². The lowest BCUT2D eigenvalue weighted by atomic mass is 10.6. The van der Waals surface area contributed by atoms with E-state index in [1.165, 1.54) is 0 Å². The Kier molecular flexibility index (Phi) is 3.84. The normalized spacial score (nSPS) is 8.22. The predicted molar refractivity (Wildman–Crippen MR) is 33.4 cm³/mol. The summed E-state index contributed by atoms with van der Waals surface area (Å²) in [5.41, 5.74) is 3.73. The minimum Gasteiger partial charge on any atom is -1.00 e. The summed E-state index contributed by atoms with van der Waals surface area (Å²) >= 11 is 1.59. The van der Waals surface area contributed by atoms with Crippen molar-refractivity contribution in [2.24, 2.45) is 0 Å². The SMILES string of the molecule is COc1csc([NH3+])c1.[Br-]. The monoisotopic (exact) mass is 209 g/mol. The zero-order valence-electron chi connectivity index (χ0n) is 5.06. The van der Waals surface area contributed by atoms with Crippen LogP contribution in [0.1, 0.15) is 0 Å². The number of ether oxygens (including phenoxy) is 1. The smallest absolute Gasteiger partial charge is 0.187 e. The number of rotatable bonds is 1. The fourth-order valence-electron chi connectivity index (χ4n) is 0.468. The van der Waals surface area contributed by atoms with Gasteiger partial charge in [0.2, 0.25) is 0 Å². The second kappa shape index (κ2) is 3.87. The molecule has 9 heavy (non-hydrogen) atoms. The van der Waals surface area contributed by atoms with Crippen LogP contribution in [0.15, 0.2) is 11.4 Å². The van der Waals surface area contributed by atoms with Crippen molar-refractivity contribution in [1.82, 2.24) is 0 Å². The molecule has 0 bridgehead atoms. The van der Waals surface area contributed by atoms with Crippen LogP contribution in [0.4, 0.5) is 5.00 Å². The highest BCUT2D eigenvalue weighted by Gasteiger charge is 1.94. The second-order valence-corrected chi connectivity index (χ2v) is 2.45. The van der Waals surface area contributed by atoms with Gasteiger partial charge < -0.3 is 27.5 Å². The van der Waals surface area contributed by atoms with Gasteiger partial charge in [-0.2, -0.15) is 0 Å². The molecule has 1 heterocycles. The van der Waals surface area contributed by atoms with E-state index in [0.717, 1.165) is 10.8 Å². The van der Waals surface area contributed by atoms with Gasteiger partial charge in [0, 0.05) is 5.38 Å². The maximum absolute atomic E-state index is 4.91. The number of halogens is 1. The third-order valence-electron chi connectivity index (χ3n) is 0.865. The lowest BCUT2D eigenvalue weighted by molar-refractivity contribution is -0.248. The highest BCUT2D eigenvalue weighted by atomic mass is 79.9. The molecule has 0 saturated carbocycles. The number of quaternary nitrogens is 1. The van der Waals surface area contributed by atoms with E-state index < -0.39 is 0 Å². The molecule has 3 N–H and O–H groups in total. The van der Waals surface area contributed by atoms with Crippen LogP contribution in [0.3, 0.4) is 0 Å². The molecule has 0 aliphatic heterocycles. The Balaban J connectivity index is 0.000000640. The molecule has 0 aromatic carbocycles. The molecule has 0 unspecified atom stereocenters. The van der Waals surface area contributed by atoms with Gasteiger partial charge in [0.05, 0.1) is 13.2 Å². The molecule has 2 nitrogen and oxygen atoms in total. The molecule has 4 heteroatoms. The molecule has 1 rings (SSSR count). The first-order chi connectivity index (χ1) is 3.83. The molecule has 0 spiro atoms. The van der Waals surface area contributed by atoms with E-state index >= 15 is 0 Å². The van der Waals surface area contributed by atoms with Gasteiger partial charge in [0.25, 0.3) is 0 Å². The number of thiophene rings is 1. The molecular formula is C5H8BrNOS. The standard InChI is InChI=1S/C5H7NOS.BrH/c1-7-4-2-5(6)8-3-4;/h2-3H,6H2,1H3;1H. The Morgan fingerprint density at radius 3 is 2.56 bits per heavy atom. The highest BCUT2D eigenvalue weighted by molar-refractivity contribution is 7.13. The van der Waals surface area contributed by atoms with Crippen molar-refractivity contribution >= 4 is 16.3 Å². The van der Waals surface area contributed by atoms with E-state index in [1.807, 2.05) is 11.4 Å². The van der Waals surface area contributed by atoms with Crippen molar-refractivity contribution in [2.45, 2.75) is 0 Å². The van der Waals surface area contributed by atoms with Gasteiger partial charge in [0.1, 0.15) is 5.75 Å². The van der Waals surface area contributed by atoms with E-state index in [1.54, 1.807) is 18.4 Å². The topological polar surface area (TPSA) is 36.9 Å². The number of hydrogen-bond acceptors (Lipinski definition) is 2. The Morgan fingerprint density at radius 2 is 2.33 bits per heavy atom. The number of hydrogen-bond donors (Lipinski definition) is 1. The molecule has 0 saturated heterocycles. The average Bonchev–Trinajstić information content (AvgIpc) is 2.14. The molecule has 1 aromatic heterocycles. The van der Waals surface area contributed by atoms with Crippen LogP contribution >= 0.6 is 11.3 Å². The van der Waals surface area contributed by atoms with Crippen LogP contribution in [0.5, 0.6) is 5.75 Å². The predicted octanol–water partition coefficient (Wildman–Crippen LogP) is -2.37. The summed E-state index contributed by atoms with van der Waals surface area (Å²) in [6.07, 6.45) is 0. The van der Waals surface area contributed by atoms with Gasteiger partial charge in [-0.3, -0.25) is 0 Å². The summed E-state index contributed by atoms with van der Waals surface area (Å²) in [4.78, 5) is 0. The molecule has 0 aliphatic rings. The maximum atomic E-state index is 4.91. The molecule has 0 aliphatic carbocycles. The lowest BCUT2D eigenvalue weighted by Crippen LogP contribution is -3.00. The zero-order valence-corrected chi connectivity index (χ0v) is 7.46. The zero-order chi connectivity index (χ0) is 5.98. The van der Waals surface area contributed by atoms with Gasteiger partial charge in [0.15, 0.2) is 5.00 Å². The van der Waals surface area contributed by atoms with Gasteiger partial charge in [-0.15, -0.1) is 0 Å². The summed E-state index contributed by atoms with van der Waals surface area (Å²) in [6.45, 7) is 0. The third-order valence-corrected chi connectivity index (χ3v) is 1.64. The third kappa shape index (κ3) is 2.34. The van der Waals surface area contributed by atoms with E-state index in [9.17, 15) is 0 Å². The fraction of sp³-hybridized carbons (Fsp3) is 0.200. The van der Waals surface area contributed by atoms with Crippen molar-refractivity contribution in [1.29, 1.82) is 0 Å². The van der Waals surface area contributed by atoms with E-state index in [-0.39, 0.29) is 17.0 Å². The van der Waals surface area contributed by atoms with Crippen molar-refractivity contribution < 1.29 is 27.5 Å². The van der Waals surface area contributed by atoms with Gasteiger partial charge in [-0.05, 0) is 0 Å². The highest BCUT2D eigenvalue weighted by Crippen LogP contribution is 2.20. The first-order valence-corrected chi connectivity index (χ1v) is 3.15. The van der Waals surface area contributed by atoms with Crippen LogP contribution in [0.2, 0.25) is 0 Å².